The number of aromatic nitrogens is 3. The molecule has 8 heteroatoms. The van der Waals surface area contributed by atoms with Crippen molar-refractivity contribution in [3.63, 3.8) is 0 Å². The molecule has 0 bridgehead atoms. The maximum absolute atomic E-state index is 12.5. The third-order valence-electron chi connectivity index (χ3n) is 4.56. The number of hydrogen-bond donors (Lipinski definition) is 0. The molecule has 0 aliphatic heterocycles. The van der Waals surface area contributed by atoms with Crippen LogP contribution in [0.3, 0.4) is 0 Å². The lowest BCUT2D eigenvalue weighted by Crippen LogP contribution is -2.16. The second kappa shape index (κ2) is 9.21. The van der Waals surface area contributed by atoms with Crippen molar-refractivity contribution in [3.8, 4) is 0 Å². The molecule has 0 saturated carbocycles. The van der Waals surface area contributed by atoms with Crippen LogP contribution in [0.1, 0.15) is 46.0 Å². The number of aryl methyl sites for hydroxylation is 3. The Kier molecular flexibility index (Phi) is 7.21. The Morgan fingerprint density at radius 1 is 1.32 bits per heavy atom. The van der Waals surface area contributed by atoms with Crippen molar-refractivity contribution >= 4 is 29.4 Å². The highest BCUT2D eigenvalue weighted by molar-refractivity contribution is 6.31. The molecular weight excluding hydrogens is 382 g/mol. The number of methoxy groups -OCH3 is 1. The lowest BCUT2D eigenvalue weighted by atomic mass is 10.1. The summed E-state index contributed by atoms with van der Waals surface area (Å²) >= 11 is 6.12. The van der Waals surface area contributed by atoms with Gasteiger partial charge in [-0.05, 0) is 39.8 Å². The summed E-state index contributed by atoms with van der Waals surface area (Å²) in [5.74, 6) is -0.865. The molecule has 0 N–H and O–H groups in total. The van der Waals surface area contributed by atoms with Gasteiger partial charge in [-0.1, -0.05) is 11.6 Å². The minimum absolute atomic E-state index is 0.101. The maximum atomic E-state index is 12.5. The molecule has 0 saturated heterocycles. The SMILES string of the molecule is COCC(C)n1c(C)cc(C(=O)COC(=O)/C=C/c2c(C)nn(C)c2Cl)c1C. The summed E-state index contributed by atoms with van der Waals surface area (Å²) in [7, 11) is 3.36. The van der Waals surface area contributed by atoms with Crippen molar-refractivity contribution in [2.45, 2.75) is 33.7 Å². The molecule has 28 heavy (non-hydrogen) atoms. The van der Waals surface area contributed by atoms with Gasteiger partial charge in [-0.2, -0.15) is 5.10 Å². The van der Waals surface area contributed by atoms with Gasteiger partial charge in [0.2, 0.25) is 5.78 Å². The third kappa shape index (κ3) is 4.72. The summed E-state index contributed by atoms with van der Waals surface area (Å²) in [6.07, 6.45) is 2.78. The number of halogens is 1. The van der Waals surface area contributed by atoms with Gasteiger partial charge in [-0.3, -0.25) is 9.48 Å². The number of carbonyl (C=O) groups excluding carboxylic acids is 2. The van der Waals surface area contributed by atoms with E-state index in [2.05, 4.69) is 5.10 Å². The monoisotopic (exact) mass is 407 g/mol. The molecule has 0 aliphatic carbocycles. The van der Waals surface area contributed by atoms with E-state index in [9.17, 15) is 9.59 Å². The van der Waals surface area contributed by atoms with Crippen LogP contribution >= 0.6 is 11.6 Å². The van der Waals surface area contributed by atoms with E-state index in [0.29, 0.717) is 28.6 Å². The number of carbonyl (C=O) groups is 2. The van der Waals surface area contributed by atoms with Gasteiger partial charge >= 0.3 is 5.97 Å². The number of ether oxygens (including phenoxy) is 2. The molecule has 0 fully saturated rings. The number of Topliss-reactive ketones (excluding diaryl/α,β-unsaturated/α-hetero) is 1. The Morgan fingerprint density at radius 3 is 2.57 bits per heavy atom. The van der Waals surface area contributed by atoms with E-state index in [4.69, 9.17) is 21.1 Å². The van der Waals surface area contributed by atoms with Gasteiger partial charge in [-0.15, -0.1) is 0 Å². The van der Waals surface area contributed by atoms with Crippen LogP contribution in [-0.4, -0.2) is 46.4 Å². The van der Waals surface area contributed by atoms with Crippen LogP contribution in [0.15, 0.2) is 12.1 Å². The Labute approximate surface area is 169 Å². The van der Waals surface area contributed by atoms with E-state index in [0.717, 1.165) is 11.4 Å². The molecule has 7 nitrogen and oxygen atoms in total. The zero-order valence-corrected chi connectivity index (χ0v) is 17.8. The summed E-state index contributed by atoms with van der Waals surface area (Å²) in [5.41, 5.74) is 3.67. The Bertz CT molecular complexity index is 911. The van der Waals surface area contributed by atoms with E-state index in [-0.39, 0.29) is 18.4 Å². The van der Waals surface area contributed by atoms with Gasteiger partial charge in [0.05, 0.1) is 18.3 Å². The van der Waals surface area contributed by atoms with E-state index >= 15 is 0 Å². The fourth-order valence-corrected chi connectivity index (χ4v) is 3.54. The summed E-state index contributed by atoms with van der Waals surface area (Å²) in [6.45, 7) is 7.84. The first kappa shape index (κ1) is 21.9. The minimum atomic E-state index is -0.616. The van der Waals surface area contributed by atoms with Crippen LogP contribution in [0.25, 0.3) is 6.08 Å². The maximum Gasteiger partial charge on any atom is 0.331 e. The van der Waals surface area contributed by atoms with Crippen LogP contribution in [0.5, 0.6) is 0 Å². The van der Waals surface area contributed by atoms with Gasteiger partial charge in [0.1, 0.15) is 5.15 Å². The zero-order chi connectivity index (χ0) is 21.0. The lowest BCUT2D eigenvalue weighted by Gasteiger charge is -2.17. The molecule has 0 aliphatic rings. The van der Waals surface area contributed by atoms with Gasteiger partial charge < -0.3 is 14.0 Å². The quantitative estimate of drug-likeness (QED) is 0.380. The minimum Gasteiger partial charge on any atom is -0.454 e. The first-order valence-electron chi connectivity index (χ1n) is 8.91. The molecular formula is C20H26ClN3O4. The van der Waals surface area contributed by atoms with E-state index in [1.165, 1.54) is 16.8 Å². The highest BCUT2D eigenvalue weighted by atomic mass is 35.5. The van der Waals surface area contributed by atoms with Gasteiger partial charge in [-0.25, -0.2) is 4.79 Å². The van der Waals surface area contributed by atoms with Crippen LogP contribution in [0.4, 0.5) is 0 Å². The van der Waals surface area contributed by atoms with Crippen LogP contribution in [0, 0.1) is 20.8 Å². The summed E-state index contributed by atoms with van der Waals surface area (Å²) in [5, 5.41) is 4.59. The first-order valence-corrected chi connectivity index (χ1v) is 9.29. The third-order valence-corrected chi connectivity index (χ3v) is 5.01. The van der Waals surface area contributed by atoms with Gasteiger partial charge in [0.15, 0.2) is 6.61 Å². The highest BCUT2D eigenvalue weighted by Gasteiger charge is 2.19. The van der Waals surface area contributed by atoms with Crippen molar-refractivity contribution in [1.82, 2.24) is 14.3 Å². The second-order valence-electron chi connectivity index (χ2n) is 6.74. The number of rotatable bonds is 8. The number of esters is 1. The summed E-state index contributed by atoms with van der Waals surface area (Å²) in [6, 6.07) is 1.91. The molecule has 2 rings (SSSR count). The smallest absolute Gasteiger partial charge is 0.331 e. The average molecular weight is 408 g/mol. The number of nitrogens with zero attached hydrogens (tertiary/aromatic N) is 3. The largest absolute Gasteiger partial charge is 0.454 e. The van der Waals surface area contributed by atoms with Crippen molar-refractivity contribution in [3.05, 3.63) is 45.5 Å². The Hall–Kier alpha value is -2.38. The number of ketones is 1. The van der Waals surface area contributed by atoms with Crippen LogP contribution < -0.4 is 0 Å². The standard InChI is InChI=1S/C20H26ClN3O4/c1-12-9-17(15(4)24(12)13(2)10-27-6)18(25)11-28-19(26)8-7-16-14(3)22-23(5)20(16)21/h7-9,13H,10-11H2,1-6H3/b8-7+. The average Bonchev–Trinajstić information content (AvgIpc) is 3.06. The highest BCUT2D eigenvalue weighted by Crippen LogP contribution is 2.22. The van der Waals surface area contributed by atoms with Crippen LogP contribution in [0.2, 0.25) is 5.15 Å². The molecule has 2 heterocycles. The van der Waals surface area contributed by atoms with Gasteiger partial charge in [0, 0.05) is 42.7 Å². The Balaban J connectivity index is 2.03. The predicted molar refractivity (Wildman–Crippen MR) is 108 cm³/mol. The second-order valence-corrected chi connectivity index (χ2v) is 7.09. The molecule has 1 unspecified atom stereocenters. The number of hydrogen-bond acceptors (Lipinski definition) is 5. The predicted octanol–water partition coefficient (Wildman–Crippen LogP) is 3.45. The van der Waals surface area contributed by atoms with Gasteiger partial charge in [0.25, 0.3) is 0 Å². The van der Waals surface area contributed by atoms with Crippen molar-refractivity contribution in [1.29, 1.82) is 0 Å². The Morgan fingerprint density at radius 2 is 2.00 bits per heavy atom. The molecule has 2 aromatic rings. The van der Waals surface area contributed by atoms with Crippen molar-refractivity contribution in [2.24, 2.45) is 7.05 Å². The molecule has 0 spiro atoms. The molecule has 2 aromatic heterocycles. The van der Waals surface area contributed by atoms with Crippen molar-refractivity contribution < 1.29 is 19.1 Å². The topological polar surface area (TPSA) is 75.3 Å². The summed E-state index contributed by atoms with van der Waals surface area (Å²) in [4.78, 5) is 24.5. The molecule has 0 radical (unpaired) electrons. The van der Waals surface area contributed by atoms with Crippen LogP contribution in [-0.2, 0) is 21.3 Å². The molecule has 1 atom stereocenters. The fourth-order valence-electron chi connectivity index (χ4n) is 3.30. The fraction of sp³-hybridized carbons (Fsp3) is 0.450. The lowest BCUT2D eigenvalue weighted by molar-refractivity contribution is -0.136. The first-order chi connectivity index (χ1) is 13.2. The zero-order valence-electron chi connectivity index (χ0n) is 17.1. The molecule has 152 valence electrons. The van der Waals surface area contributed by atoms with E-state index in [1.54, 1.807) is 21.1 Å². The molecule has 0 amide bonds. The normalized spacial score (nSPS) is 12.5. The summed E-state index contributed by atoms with van der Waals surface area (Å²) < 4.78 is 13.9. The van der Waals surface area contributed by atoms with E-state index < -0.39 is 5.97 Å². The van der Waals surface area contributed by atoms with Crippen molar-refractivity contribution in [2.75, 3.05) is 20.3 Å². The molecule has 0 aromatic carbocycles. The van der Waals surface area contributed by atoms with E-state index in [1.807, 2.05) is 31.4 Å².